The molecule has 0 heterocycles. The predicted molar refractivity (Wildman–Crippen MR) is 63.3 cm³/mol. The Bertz CT molecular complexity index is 160. The average molecular weight is 196 g/mol. The number of nitrogens with zero attached hydrogens (tertiary/aromatic N) is 1. The summed E-state index contributed by atoms with van der Waals surface area (Å²) in [7, 11) is 2.18. The van der Waals surface area contributed by atoms with Crippen LogP contribution in [-0.4, -0.2) is 37.6 Å². The first-order valence-electron chi connectivity index (χ1n) is 5.56. The van der Waals surface area contributed by atoms with Crippen LogP contribution in [0.1, 0.15) is 33.1 Å². The monoisotopic (exact) mass is 196 g/mol. The molecule has 0 aromatic rings. The molecule has 0 fully saturated rings. The first-order chi connectivity index (χ1) is 6.72. The van der Waals surface area contributed by atoms with Crippen LogP contribution in [0.2, 0.25) is 0 Å². The van der Waals surface area contributed by atoms with Crippen LogP contribution in [-0.2, 0) is 0 Å². The smallest absolute Gasteiger partial charge is 0.0107 e. The molecule has 0 aliphatic heterocycles. The van der Waals surface area contributed by atoms with Gasteiger partial charge in [0, 0.05) is 25.6 Å². The zero-order chi connectivity index (χ0) is 10.8. The summed E-state index contributed by atoms with van der Waals surface area (Å²) < 4.78 is 0. The number of likely N-dealkylation sites (N-methyl/N-ethyl adjacent to an activating group) is 1. The Morgan fingerprint density at radius 3 is 2.71 bits per heavy atom. The quantitative estimate of drug-likeness (QED) is 0.470. The molecule has 0 rings (SSSR count). The van der Waals surface area contributed by atoms with Gasteiger partial charge in [-0.3, -0.25) is 0 Å². The van der Waals surface area contributed by atoms with Gasteiger partial charge in [-0.2, -0.15) is 0 Å². The first kappa shape index (κ1) is 13.5. The highest BCUT2D eigenvalue weighted by Gasteiger charge is 2.04. The van der Waals surface area contributed by atoms with E-state index in [9.17, 15) is 0 Å². The Morgan fingerprint density at radius 2 is 2.14 bits per heavy atom. The second-order valence-corrected chi connectivity index (χ2v) is 3.80. The molecule has 0 amide bonds. The van der Waals surface area contributed by atoms with E-state index in [0.717, 1.165) is 32.5 Å². The molecule has 2 nitrogen and oxygen atoms in total. The van der Waals surface area contributed by atoms with Crippen molar-refractivity contribution < 1.29 is 0 Å². The van der Waals surface area contributed by atoms with Crippen molar-refractivity contribution in [1.82, 2.24) is 10.2 Å². The van der Waals surface area contributed by atoms with Crippen molar-refractivity contribution in [2.24, 2.45) is 0 Å². The highest BCUT2D eigenvalue weighted by atomic mass is 15.1. The molecule has 14 heavy (non-hydrogen) atoms. The van der Waals surface area contributed by atoms with E-state index >= 15 is 0 Å². The van der Waals surface area contributed by atoms with E-state index in [1.54, 1.807) is 0 Å². The molecule has 2 heteroatoms. The van der Waals surface area contributed by atoms with Gasteiger partial charge < -0.3 is 10.2 Å². The zero-order valence-electron chi connectivity index (χ0n) is 9.84. The van der Waals surface area contributed by atoms with E-state index in [0.29, 0.717) is 6.04 Å². The fourth-order valence-corrected chi connectivity index (χ4v) is 1.23. The molecule has 0 saturated heterocycles. The Balaban J connectivity index is 3.23. The number of hydrogen-bond donors (Lipinski definition) is 1. The van der Waals surface area contributed by atoms with Crippen LogP contribution in [0.3, 0.4) is 0 Å². The van der Waals surface area contributed by atoms with E-state index in [2.05, 4.69) is 37.0 Å². The van der Waals surface area contributed by atoms with Crippen molar-refractivity contribution >= 4 is 0 Å². The van der Waals surface area contributed by atoms with Crippen LogP contribution < -0.4 is 5.32 Å². The van der Waals surface area contributed by atoms with Crippen molar-refractivity contribution in [3.8, 4) is 12.3 Å². The molecular weight excluding hydrogens is 172 g/mol. The number of unbranched alkanes of at least 4 members (excludes halogenated alkanes) is 1. The molecule has 0 radical (unpaired) electrons. The first-order valence-corrected chi connectivity index (χ1v) is 5.56. The molecule has 1 atom stereocenters. The third-order valence-electron chi connectivity index (χ3n) is 2.66. The summed E-state index contributed by atoms with van der Waals surface area (Å²) in [6.45, 7) is 7.70. The fourth-order valence-electron chi connectivity index (χ4n) is 1.23. The van der Waals surface area contributed by atoms with Crippen molar-refractivity contribution in [3.05, 3.63) is 0 Å². The lowest BCUT2D eigenvalue weighted by atomic mass is 10.2. The van der Waals surface area contributed by atoms with Gasteiger partial charge in [-0.05, 0) is 33.4 Å². The van der Waals surface area contributed by atoms with Gasteiger partial charge in [0.25, 0.3) is 0 Å². The van der Waals surface area contributed by atoms with Gasteiger partial charge in [0.15, 0.2) is 0 Å². The maximum absolute atomic E-state index is 5.16. The molecule has 0 aliphatic carbocycles. The predicted octanol–water partition coefficient (Wildman–Crippen LogP) is 1.72. The molecule has 82 valence electrons. The average Bonchev–Trinajstić information content (AvgIpc) is 2.21. The lowest BCUT2D eigenvalue weighted by Gasteiger charge is -2.23. The zero-order valence-corrected chi connectivity index (χ0v) is 9.84. The number of rotatable bonds is 8. The molecule has 0 saturated carbocycles. The van der Waals surface area contributed by atoms with Gasteiger partial charge in [0.2, 0.25) is 0 Å². The molecule has 0 aromatic carbocycles. The lowest BCUT2D eigenvalue weighted by Crippen LogP contribution is -2.35. The van der Waals surface area contributed by atoms with E-state index in [1.165, 1.54) is 6.42 Å². The van der Waals surface area contributed by atoms with Crippen molar-refractivity contribution in [1.29, 1.82) is 0 Å². The van der Waals surface area contributed by atoms with E-state index in [1.807, 2.05) is 0 Å². The van der Waals surface area contributed by atoms with Crippen LogP contribution in [0.25, 0.3) is 0 Å². The summed E-state index contributed by atoms with van der Waals surface area (Å²) in [6.07, 6.45) is 8.35. The minimum Gasteiger partial charge on any atom is -0.315 e. The fraction of sp³-hybridized carbons (Fsp3) is 0.833. The standard InChI is InChI=1S/C12H24N2/c1-5-7-8-9-13-10-11-14(4)12(3)6-2/h1,12-13H,6-11H2,2-4H3. The van der Waals surface area contributed by atoms with Crippen molar-refractivity contribution in [3.63, 3.8) is 0 Å². The molecule has 0 aliphatic rings. The second-order valence-electron chi connectivity index (χ2n) is 3.80. The Morgan fingerprint density at radius 1 is 1.43 bits per heavy atom. The van der Waals surface area contributed by atoms with Gasteiger partial charge in [-0.15, -0.1) is 12.3 Å². The van der Waals surface area contributed by atoms with Gasteiger partial charge in [-0.1, -0.05) is 6.92 Å². The van der Waals surface area contributed by atoms with Crippen LogP contribution in [0.4, 0.5) is 0 Å². The SMILES string of the molecule is C#CCCCNCCN(C)C(C)CC. The Labute approximate surface area is 89.1 Å². The Hall–Kier alpha value is -0.520. The summed E-state index contributed by atoms with van der Waals surface area (Å²) >= 11 is 0. The normalized spacial score (nSPS) is 12.8. The maximum Gasteiger partial charge on any atom is 0.0107 e. The molecular formula is C12H24N2. The summed E-state index contributed by atoms with van der Waals surface area (Å²) in [4.78, 5) is 2.38. The van der Waals surface area contributed by atoms with E-state index in [4.69, 9.17) is 6.42 Å². The van der Waals surface area contributed by atoms with Crippen LogP contribution in [0.15, 0.2) is 0 Å². The van der Waals surface area contributed by atoms with Crippen LogP contribution >= 0.6 is 0 Å². The topological polar surface area (TPSA) is 15.3 Å². The number of hydrogen-bond acceptors (Lipinski definition) is 2. The van der Waals surface area contributed by atoms with E-state index in [-0.39, 0.29) is 0 Å². The molecule has 0 bridgehead atoms. The minimum absolute atomic E-state index is 0.683. The van der Waals surface area contributed by atoms with Gasteiger partial charge >= 0.3 is 0 Å². The highest BCUT2D eigenvalue weighted by molar-refractivity contribution is 4.83. The van der Waals surface area contributed by atoms with Crippen LogP contribution in [0.5, 0.6) is 0 Å². The molecule has 0 aromatic heterocycles. The third-order valence-corrected chi connectivity index (χ3v) is 2.66. The molecule has 1 unspecified atom stereocenters. The largest absolute Gasteiger partial charge is 0.315 e. The summed E-state index contributed by atoms with van der Waals surface area (Å²) in [5, 5.41) is 3.39. The number of nitrogens with one attached hydrogen (secondary N) is 1. The third kappa shape index (κ3) is 6.94. The lowest BCUT2D eigenvalue weighted by molar-refractivity contribution is 0.252. The summed E-state index contributed by atoms with van der Waals surface area (Å²) in [5.74, 6) is 2.64. The number of terminal acetylenes is 1. The Kier molecular flexibility index (Phi) is 8.72. The van der Waals surface area contributed by atoms with E-state index < -0.39 is 0 Å². The second kappa shape index (κ2) is 9.05. The summed E-state index contributed by atoms with van der Waals surface area (Å²) in [5.41, 5.74) is 0. The van der Waals surface area contributed by atoms with Gasteiger partial charge in [0.05, 0.1) is 0 Å². The molecule has 1 N–H and O–H groups in total. The van der Waals surface area contributed by atoms with Crippen LogP contribution in [0, 0.1) is 12.3 Å². The van der Waals surface area contributed by atoms with Gasteiger partial charge in [-0.25, -0.2) is 0 Å². The summed E-state index contributed by atoms with van der Waals surface area (Å²) in [6, 6.07) is 0.683. The maximum atomic E-state index is 5.16. The molecule has 0 spiro atoms. The van der Waals surface area contributed by atoms with Gasteiger partial charge in [0.1, 0.15) is 0 Å². The minimum atomic E-state index is 0.683. The van der Waals surface area contributed by atoms with Crippen molar-refractivity contribution in [2.45, 2.75) is 39.2 Å². The highest BCUT2D eigenvalue weighted by Crippen LogP contribution is 1.97. The van der Waals surface area contributed by atoms with Crippen molar-refractivity contribution in [2.75, 3.05) is 26.7 Å².